The number of rotatable bonds is 1. The van der Waals surface area contributed by atoms with E-state index in [2.05, 4.69) is 4.98 Å². The van der Waals surface area contributed by atoms with Gasteiger partial charge in [-0.15, -0.1) is 11.6 Å². The number of aromatic nitrogens is 1. The van der Waals surface area contributed by atoms with Crippen LogP contribution < -0.4 is 0 Å². The van der Waals surface area contributed by atoms with E-state index in [4.69, 9.17) is 27.6 Å². The van der Waals surface area contributed by atoms with Gasteiger partial charge in [0.25, 0.3) is 0 Å². The largest absolute Gasteiger partial charge is 0.461 e. The van der Waals surface area contributed by atoms with E-state index in [9.17, 15) is 0 Å². The Morgan fingerprint density at radius 2 is 2.21 bits per heavy atom. The van der Waals surface area contributed by atoms with Crippen LogP contribution in [0.1, 0.15) is 23.6 Å². The lowest BCUT2D eigenvalue weighted by Crippen LogP contribution is -1.90. The van der Waals surface area contributed by atoms with Crippen LogP contribution in [-0.2, 0) is 0 Å². The van der Waals surface area contributed by atoms with Crippen molar-refractivity contribution >= 4 is 34.2 Å². The second-order valence-electron chi connectivity index (χ2n) is 3.25. The number of alkyl halides is 1. The lowest BCUT2D eigenvalue weighted by molar-refractivity contribution is 0.611. The van der Waals surface area contributed by atoms with Crippen molar-refractivity contribution in [3.8, 4) is 0 Å². The van der Waals surface area contributed by atoms with Gasteiger partial charge in [0, 0.05) is 5.39 Å². The van der Waals surface area contributed by atoms with Gasteiger partial charge in [0.2, 0.25) is 0 Å². The van der Waals surface area contributed by atoms with Crippen molar-refractivity contribution < 1.29 is 4.42 Å². The Bertz CT molecular complexity index is 476. The summed E-state index contributed by atoms with van der Waals surface area (Å²) in [5.74, 6) is 0. The van der Waals surface area contributed by atoms with E-state index < -0.39 is 0 Å². The first kappa shape index (κ1) is 9.81. The predicted molar refractivity (Wildman–Crippen MR) is 58.0 cm³/mol. The van der Waals surface area contributed by atoms with Crippen LogP contribution >= 0.6 is 23.2 Å². The molecule has 0 aromatic carbocycles. The Morgan fingerprint density at radius 1 is 1.50 bits per heavy atom. The number of hydrogen-bond acceptors (Lipinski definition) is 2. The van der Waals surface area contributed by atoms with Gasteiger partial charge in [-0.05, 0) is 25.5 Å². The smallest absolute Gasteiger partial charge is 0.172 e. The molecule has 0 amide bonds. The standard InChI is InChI=1S/C10H9Cl2NO/c1-5-4-14-9-7(5)3-8(6(2)11)13-10(9)12/h3-4,6H,1-2H3. The quantitative estimate of drug-likeness (QED) is 0.544. The summed E-state index contributed by atoms with van der Waals surface area (Å²) >= 11 is 11.9. The van der Waals surface area contributed by atoms with Gasteiger partial charge in [-0.25, -0.2) is 4.98 Å². The topological polar surface area (TPSA) is 26.0 Å². The molecule has 0 aliphatic heterocycles. The third-order valence-corrected chi connectivity index (χ3v) is 2.62. The summed E-state index contributed by atoms with van der Waals surface area (Å²) in [7, 11) is 0. The van der Waals surface area contributed by atoms with Crippen molar-refractivity contribution in [3.63, 3.8) is 0 Å². The minimum Gasteiger partial charge on any atom is -0.461 e. The molecule has 0 saturated heterocycles. The summed E-state index contributed by atoms with van der Waals surface area (Å²) in [5.41, 5.74) is 2.45. The number of halogens is 2. The molecule has 1 unspecified atom stereocenters. The molecule has 2 heterocycles. The van der Waals surface area contributed by atoms with E-state index in [1.807, 2.05) is 19.9 Å². The zero-order chi connectivity index (χ0) is 10.3. The molecule has 74 valence electrons. The van der Waals surface area contributed by atoms with Crippen molar-refractivity contribution in [3.05, 3.63) is 28.7 Å². The molecule has 0 bridgehead atoms. The average molecular weight is 230 g/mol. The molecule has 2 aromatic rings. The highest BCUT2D eigenvalue weighted by atomic mass is 35.5. The second kappa shape index (κ2) is 3.44. The number of nitrogens with zero attached hydrogens (tertiary/aromatic N) is 1. The molecule has 0 aliphatic carbocycles. The van der Waals surface area contributed by atoms with Crippen LogP contribution in [0.25, 0.3) is 11.0 Å². The van der Waals surface area contributed by atoms with E-state index in [1.165, 1.54) is 0 Å². The molecule has 0 fully saturated rings. The van der Waals surface area contributed by atoms with Crippen LogP contribution in [-0.4, -0.2) is 4.98 Å². The second-order valence-corrected chi connectivity index (χ2v) is 4.26. The number of pyridine rings is 1. The number of fused-ring (bicyclic) bond motifs is 1. The SMILES string of the molecule is Cc1coc2c(Cl)nc(C(C)Cl)cc12. The van der Waals surface area contributed by atoms with Crippen molar-refractivity contribution in [1.29, 1.82) is 0 Å². The highest BCUT2D eigenvalue weighted by Crippen LogP contribution is 2.30. The number of aryl methyl sites for hydroxylation is 1. The fourth-order valence-corrected chi connectivity index (χ4v) is 1.70. The van der Waals surface area contributed by atoms with Gasteiger partial charge >= 0.3 is 0 Å². The summed E-state index contributed by atoms with van der Waals surface area (Å²) < 4.78 is 5.28. The van der Waals surface area contributed by atoms with Gasteiger partial charge in [0.05, 0.1) is 17.3 Å². The third-order valence-electron chi connectivity index (χ3n) is 2.14. The van der Waals surface area contributed by atoms with Crippen LogP contribution in [0.2, 0.25) is 5.15 Å². The van der Waals surface area contributed by atoms with Gasteiger partial charge in [-0.2, -0.15) is 0 Å². The zero-order valence-electron chi connectivity index (χ0n) is 7.84. The van der Waals surface area contributed by atoms with Crippen molar-refractivity contribution in [2.24, 2.45) is 0 Å². The maximum atomic E-state index is 5.96. The van der Waals surface area contributed by atoms with E-state index >= 15 is 0 Å². The maximum Gasteiger partial charge on any atom is 0.172 e. The normalized spacial score (nSPS) is 13.4. The van der Waals surface area contributed by atoms with Crippen LogP contribution in [0.3, 0.4) is 0 Å². The first-order valence-corrected chi connectivity index (χ1v) is 5.09. The van der Waals surface area contributed by atoms with E-state index in [0.29, 0.717) is 10.7 Å². The summed E-state index contributed by atoms with van der Waals surface area (Å²) in [6, 6.07) is 1.91. The monoisotopic (exact) mass is 229 g/mol. The molecule has 2 aromatic heterocycles. The lowest BCUT2D eigenvalue weighted by atomic mass is 10.2. The Morgan fingerprint density at radius 3 is 2.86 bits per heavy atom. The number of hydrogen-bond donors (Lipinski definition) is 0. The maximum absolute atomic E-state index is 5.96. The van der Waals surface area contributed by atoms with Crippen LogP contribution in [0, 0.1) is 6.92 Å². The van der Waals surface area contributed by atoms with Crippen molar-refractivity contribution in [2.45, 2.75) is 19.2 Å². The summed E-state index contributed by atoms with van der Waals surface area (Å²) in [6.07, 6.45) is 1.67. The summed E-state index contributed by atoms with van der Waals surface area (Å²) in [4.78, 5) is 4.15. The third kappa shape index (κ3) is 1.49. The molecule has 0 N–H and O–H groups in total. The average Bonchev–Trinajstić information content (AvgIpc) is 2.48. The molecule has 2 rings (SSSR count). The summed E-state index contributed by atoms with van der Waals surface area (Å²) in [5, 5.41) is 1.21. The molecule has 14 heavy (non-hydrogen) atoms. The molecule has 4 heteroatoms. The minimum atomic E-state index is -0.147. The molecule has 2 nitrogen and oxygen atoms in total. The van der Waals surface area contributed by atoms with Crippen LogP contribution in [0.4, 0.5) is 0 Å². The molecule has 1 atom stereocenters. The van der Waals surface area contributed by atoms with Crippen LogP contribution in [0.15, 0.2) is 16.7 Å². The molecule has 0 saturated carbocycles. The van der Waals surface area contributed by atoms with Crippen LogP contribution in [0.5, 0.6) is 0 Å². The van der Waals surface area contributed by atoms with E-state index in [-0.39, 0.29) is 5.38 Å². The summed E-state index contributed by atoms with van der Waals surface area (Å²) in [6.45, 7) is 3.83. The molecular weight excluding hydrogens is 221 g/mol. The highest BCUT2D eigenvalue weighted by molar-refractivity contribution is 6.33. The fourth-order valence-electron chi connectivity index (χ4n) is 1.34. The first-order chi connectivity index (χ1) is 6.59. The van der Waals surface area contributed by atoms with Gasteiger partial charge in [-0.1, -0.05) is 11.6 Å². The minimum absolute atomic E-state index is 0.147. The Labute approximate surface area is 91.8 Å². The molecule has 0 aliphatic rings. The number of furan rings is 1. The zero-order valence-corrected chi connectivity index (χ0v) is 9.36. The Kier molecular flexibility index (Phi) is 2.41. The highest BCUT2D eigenvalue weighted by Gasteiger charge is 2.12. The van der Waals surface area contributed by atoms with Gasteiger partial charge < -0.3 is 4.42 Å². The van der Waals surface area contributed by atoms with Crippen molar-refractivity contribution in [1.82, 2.24) is 4.98 Å². The van der Waals surface area contributed by atoms with Gasteiger partial charge in [-0.3, -0.25) is 0 Å². The Balaban J connectivity index is 2.75. The van der Waals surface area contributed by atoms with E-state index in [1.54, 1.807) is 6.26 Å². The Hall–Kier alpha value is -0.730. The van der Waals surface area contributed by atoms with Crippen molar-refractivity contribution in [2.75, 3.05) is 0 Å². The fraction of sp³-hybridized carbons (Fsp3) is 0.300. The molecular formula is C10H9Cl2NO. The lowest BCUT2D eigenvalue weighted by Gasteiger charge is -2.03. The van der Waals surface area contributed by atoms with Gasteiger partial charge in [0.1, 0.15) is 0 Å². The molecule has 0 spiro atoms. The predicted octanol–water partition coefficient (Wildman–Crippen LogP) is 4.09. The molecule has 0 radical (unpaired) electrons. The van der Waals surface area contributed by atoms with E-state index in [0.717, 1.165) is 16.6 Å². The first-order valence-electron chi connectivity index (χ1n) is 4.28. The van der Waals surface area contributed by atoms with Gasteiger partial charge in [0.15, 0.2) is 10.7 Å².